The Bertz CT molecular complexity index is 1000. The van der Waals surface area contributed by atoms with Gasteiger partial charge in [0.25, 0.3) is 5.91 Å². The van der Waals surface area contributed by atoms with E-state index >= 15 is 0 Å². The molecule has 2 amide bonds. The third-order valence-electron chi connectivity index (χ3n) is 4.63. The molecule has 6 heteroatoms. The van der Waals surface area contributed by atoms with Gasteiger partial charge in [-0.05, 0) is 61.1 Å². The van der Waals surface area contributed by atoms with Crippen LogP contribution in [0.5, 0.6) is 5.75 Å². The van der Waals surface area contributed by atoms with Gasteiger partial charge in [-0.2, -0.15) is 0 Å². The Morgan fingerprint density at radius 1 is 0.900 bits per heavy atom. The molecule has 0 heterocycles. The van der Waals surface area contributed by atoms with Crippen LogP contribution < -0.4 is 15.6 Å². The number of nitrogens with one attached hydrogen (secondary N) is 2. The van der Waals surface area contributed by atoms with Gasteiger partial charge in [0.1, 0.15) is 5.75 Å². The smallest absolute Gasteiger partial charge is 0.269 e. The molecule has 0 bridgehead atoms. The molecule has 0 aliphatic rings. The standard InChI is InChI=1S/C24H27N3O3/c1-27(2)14-5-15-30-22-12-10-20(11-13-22)24(29)26-25-23(28)17-18-8-9-19-6-3-4-7-21(19)16-18/h3-4,6-13,16H,5,14-15,17H2,1-2H3,(H,25,28)(H,26,29). The molecule has 0 saturated carbocycles. The van der Waals surface area contributed by atoms with Crippen molar-refractivity contribution < 1.29 is 14.3 Å². The second-order valence-electron chi connectivity index (χ2n) is 7.39. The van der Waals surface area contributed by atoms with Crippen molar-refractivity contribution in [2.75, 3.05) is 27.2 Å². The summed E-state index contributed by atoms with van der Waals surface area (Å²) in [6, 6.07) is 20.7. The predicted molar refractivity (Wildman–Crippen MR) is 118 cm³/mol. The monoisotopic (exact) mass is 405 g/mol. The van der Waals surface area contributed by atoms with Gasteiger partial charge in [-0.3, -0.25) is 20.4 Å². The van der Waals surface area contributed by atoms with E-state index in [9.17, 15) is 9.59 Å². The van der Waals surface area contributed by atoms with Crippen molar-refractivity contribution in [1.82, 2.24) is 15.8 Å². The van der Waals surface area contributed by atoms with Gasteiger partial charge in [0, 0.05) is 12.1 Å². The third kappa shape index (κ3) is 6.32. The summed E-state index contributed by atoms with van der Waals surface area (Å²) < 4.78 is 5.66. The number of carbonyl (C=O) groups is 2. The molecule has 3 aromatic rings. The Labute approximate surface area is 176 Å². The number of hydrogen-bond acceptors (Lipinski definition) is 4. The highest BCUT2D eigenvalue weighted by Crippen LogP contribution is 2.16. The maximum absolute atomic E-state index is 12.3. The number of carbonyl (C=O) groups excluding carboxylic acids is 2. The van der Waals surface area contributed by atoms with E-state index in [4.69, 9.17) is 4.74 Å². The van der Waals surface area contributed by atoms with Crippen molar-refractivity contribution in [3.8, 4) is 5.75 Å². The fourth-order valence-electron chi connectivity index (χ4n) is 3.05. The summed E-state index contributed by atoms with van der Waals surface area (Å²) >= 11 is 0. The summed E-state index contributed by atoms with van der Waals surface area (Å²) in [7, 11) is 4.04. The summed E-state index contributed by atoms with van der Waals surface area (Å²) in [5.74, 6) is 0.0612. The van der Waals surface area contributed by atoms with Crippen molar-refractivity contribution in [1.29, 1.82) is 0 Å². The van der Waals surface area contributed by atoms with E-state index in [-0.39, 0.29) is 18.2 Å². The highest BCUT2D eigenvalue weighted by molar-refractivity contribution is 5.95. The molecule has 0 unspecified atom stereocenters. The molecule has 2 N–H and O–H groups in total. The maximum Gasteiger partial charge on any atom is 0.269 e. The molecule has 0 fully saturated rings. The number of hydrogen-bond donors (Lipinski definition) is 2. The SMILES string of the molecule is CN(C)CCCOc1ccc(C(=O)NNC(=O)Cc2ccc3ccccc3c2)cc1. The zero-order chi connectivity index (χ0) is 21.3. The Kier molecular flexibility index (Phi) is 7.40. The van der Waals surface area contributed by atoms with Crippen LogP contribution in [-0.4, -0.2) is 44.0 Å². The summed E-state index contributed by atoms with van der Waals surface area (Å²) in [5.41, 5.74) is 6.26. The van der Waals surface area contributed by atoms with Gasteiger partial charge in [0.2, 0.25) is 5.91 Å². The molecule has 0 radical (unpaired) electrons. The molecule has 156 valence electrons. The lowest BCUT2D eigenvalue weighted by Gasteiger charge is -2.11. The summed E-state index contributed by atoms with van der Waals surface area (Å²) in [6.07, 6.45) is 1.11. The highest BCUT2D eigenvalue weighted by Gasteiger charge is 2.09. The molecule has 30 heavy (non-hydrogen) atoms. The molecular weight excluding hydrogens is 378 g/mol. The van der Waals surface area contributed by atoms with Gasteiger partial charge < -0.3 is 9.64 Å². The molecule has 0 aliphatic carbocycles. The molecule has 0 saturated heterocycles. The molecule has 0 aliphatic heterocycles. The maximum atomic E-state index is 12.3. The van der Waals surface area contributed by atoms with Crippen LogP contribution in [-0.2, 0) is 11.2 Å². The molecule has 3 aromatic carbocycles. The average Bonchev–Trinajstić information content (AvgIpc) is 2.75. The fourth-order valence-corrected chi connectivity index (χ4v) is 3.05. The van der Waals surface area contributed by atoms with Crippen molar-refractivity contribution >= 4 is 22.6 Å². The summed E-state index contributed by atoms with van der Waals surface area (Å²) in [5, 5.41) is 2.20. The first-order valence-electron chi connectivity index (χ1n) is 9.96. The van der Waals surface area contributed by atoms with E-state index in [1.54, 1.807) is 24.3 Å². The average molecular weight is 405 g/mol. The number of amides is 2. The van der Waals surface area contributed by atoms with Gasteiger partial charge in [-0.25, -0.2) is 0 Å². The van der Waals surface area contributed by atoms with Gasteiger partial charge in [0.05, 0.1) is 13.0 Å². The van der Waals surface area contributed by atoms with Crippen LogP contribution in [0.4, 0.5) is 0 Å². The number of nitrogens with zero attached hydrogens (tertiary/aromatic N) is 1. The van der Waals surface area contributed by atoms with Crippen LogP contribution in [0.15, 0.2) is 66.7 Å². The van der Waals surface area contributed by atoms with E-state index in [2.05, 4.69) is 15.8 Å². The second-order valence-corrected chi connectivity index (χ2v) is 7.39. The van der Waals surface area contributed by atoms with Crippen LogP contribution in [0.25, 0.3) is 10.8 Å². The predicted octanol–water partition coefficient (Wildman–Crippen LogP) is 3.17. The second kappa shape index (κ2) is 10.4. The first kappa shape index (κ1) is 21.3. The highest BCUT2D eigenvalue weighted by atomic mass is 16.5. The Balaban J connectivity index is 1.45. The normalized spacial score (nSPS) is 10.8. The molecule has 6 nitrogen and oxygen atoms in total. The Morgan fingerprint density at radius 3 is 2.37 bits per heavy atom. The molecular formula is C24H27N3O3. The zero-order valence-electron chi connectivity index (χ0n) is 17.4. The topological polar surface area (TPSA) is 70.7 Å². The quantitative estimate of drug-likeness (QED) is 0.446. The van der Waals surface area contributed by atoms with Crippen molar-refractivity contribution in [2.45, 2.75) is 12.8 Å². The molecule has 3 rings (SSSR count). The number of ether oxygens (including phenoxy) is 1. The van der Waals surface area contributed by atoms with E-state index in [1.165, 1.54) is 0 Å². The molecule has 0 aromatic heterocycles. The minimum Gasteiger partial charge on any atom is -0.494 e. The summed E-state index contributed by atoms with van der Waals surface area (Å²) in [4.78, 5) is 26.5. The van der Waals surface area contributed by atoms with Crippen LogP contribution in [0.1, 0.15) is 22.3 Å². The number of fused-ring (bicyclic) bond motifs is 1. The van der Waals surface area contributed by atoms with E-state index in [0.29, 0.717) is 17.9 Å². The number of benzene rings is 3. The minimum absolute atomic E-state index is 0.185. The van der Waals surface area contributed by atoms with Gasteiger partial charge in [-0.15, -0.1) is 0 Å². The van der Waals surface area contributed by atoms with Crippen LogP contribution in [0, 0.1) is 0 Å². The lowest BCUT2D eigenvalue weighted by atomic mass is 10.1. The van der Waals surface area contributed by atoms with Gasteiger partial charge in [0.15, 0.2) is 0 Å². The number of hydrazine groups is 1. The largest absolute Gasteiger partial charge is 0.494 e. The van der Waals surface area contributed by atoms with Crippen molar-refractivity contribution in [3.05, 3.63) is 77.9 Å². The van der Waals surface area contributed by atoms with E-state index in [1.807, 2.05) is 56.6 Å². The third-order valence-corrected chi connectivity index (χ3v) is 4.63. The van der Waals surface area contributed by atoms with E-state index in [0.717, 1.165) is 29.3 Å². The van der Waals surface area contributed by atoms with Crippen molar-refractivity contribution in [3.63, 3.8) is 0 Å². The van der Waals surface area contributed by atoms with E-state index < -0.39 is 0 Å². The minimum atomic E-state index is -0.374. The van der Waals surface area contributed by atoms with Gasteiger partial charge in [-0.1, -0.05) is 42.5 Å². The molecule has 0 atom stereocenters. The zero-order valence-corrected chi connectivity index (χ0v) is 17.4. The lowest BCUT2D eigenvalue weighted by molar-refractivity contribution is -0.121. The molecule has 0 spiro atoms. The number of rotatable bonds is 8. The Morgan fingerprint density at radius 2 is 1.63 bits per heavy atom. The first-order valence-corrected chi connectivity index (χ1v) is 9.96. The first-order chi connectivity index (χ1) is 14.5. The van der Waals surface area contributed by atoms with Crippen molar-refractivity contribution in [2.24, 2.45) is 0 Å². The van der Waals surface area contributed by atoms with Crippen LogP contribution in [0.2, 0.25) is 0 Å². The van der Waals surface area contributed by atoms with Crippen LogP contribution >= 0.6 is 0 Å². The Hall–Kier alpha value is -3.38. The van der Waals surface area contributed by atoms with Crippen LogP contribution in [0.3, 0.4) is 0 Å². The fraction of sp³-hybridized carbons (Fsp3) is 0.250. The lowest BCUT2D eigenvalue weighted by Crippen LogP contribution is -2.42. The van der Waals surface area contributed by atoms with Gasteiger partial charge >= 0.3 is 0 Å². The summed E-state index contributed by atoms with van der Waals surface area (Å²) in [6.45, 7) is 1.58.